The molecule has 96 valence electrons. The first-order valence-corrected chi connectivity index (χ1v) is 7.57. The van der Waals surface area contributed by atoms with Crippen LogP contribution in [-0.4, -0.2) is 30.0 Å². The first kappa shape index (κ1) is 11.7. The molecule has 1 aliphatic heterocycles. The molecule has 0 aliphatic carbocycles. The van der Waals surface area contributed by atoms with Gasteiger partial charge in [0.2, 0.25) is 0 Å². The normalized spacial score (nSPS) is 15.8. The fourth-order valence-electron chi connectivity index (χ4n) is 1.94. The molecule has 3 heterocycles. The fraction of sp³-hybridized carbons (Fsp3) is 0.300. The summed E-state index contributed by atoms with van der Waals surface area (Å²) < 4.78 is 31.7. The first-order valence-electron chi connectivity index (χ1n) is 5.25. The number of hydrogen-bond donors (Lipinski definition) is 1. The van der Waals surface area contributed by atoms with E-state index >= 15 is 0 Å². The Hall–Kier alpha value is -1.38. The van der Waals surface area contributed by atoms with E-state index < -0.39 is 10.0 Å². The third-order valence-corrected chi connectivity index (χ3v) is 6.09. The Morgan fingerprint density at radius 1 is 1.50 bits per heavy atom. The van der Waals surface area contributed by atoms with E-state index in [1.165, 1.54) is 22.8 Å². The minimum absolute atomic E-state index is 0.253. The predicted molar refractivity (Wildman–Crippen MR) is 65.9 cm³/mol. The Balaban J connectivity index is 1.95. The van der Waals surface area contributed by atoms with Crippen LogP contribution in [-0.2, 0) is 23.1 Å². The highest BCUT2D eigenvalue weighted by atomic mass is 32.2. The number of methoxy groups -OCH3 is 1. The fourth-order valence-corrected chi connectivity index (χ4v) is 4.74. The lowest BCUT2D eigenvalue weighted by Gasteiger charge is -2.15. The molecule has 0 unspecified atom stereocenters. The number of nitrogens with zero attached hydrogens (tertiary/aromatic N) is 2. The zero-order chi connectivity index (χ0) is 12.8. The van der Waals surface area contributed by atoms with Crippen LogP contribution < -0.4 is 4.74 Å². The average molecular weight is 285 g/mol. The van der Waals surface area contributed by atoms with E-state index in [0.717, 1.165) is 11.3 Å². The van der Waals surface area contributed by atoms with Gasteiger partial charge in [0, 0.05) is 12.1 Å². The Kier molecular flexibility index (Phi) is 2.65. The summed E-state index contributed by atoms with van der Waals surface area (Å²) in [4.78, 5) is 0. The predicted octanol–water partition coefficient (Wildman–Crippen LogP) is 1.18. The topological polar surface area (TPSA) is 75.3 Å². The summed E-state index contributed by atoms with van der Waals surface area (Å²) in [5, 5.41) is 8.41. The Morgan fingerprint density at radius 2 is 2.33 bits per heavy atom. The number of rotatable bonds is 3. The maximum atomic E-state index is 12.5. The van der Waals surface area contributed by atoms with E-state index in [0.29, 0.717) is 18.8 Å². The second-order valence-corrected chi connectivity index (χ2v) is 6.97. The largest absolute Gasteiger partial charge is 0.494 e. The van der Waals surface area contributed by atoms with Gasteiger partial charge in [-0.05, 0) is 11.4 Å². The van der Waals surface area contributed by atoms with Gasteiger partial charge >= 0.3 is 0 Å². The van der Waals surface area contributed by atoms with Crippen molar-refractivity contribution in [2.24, 2.45) is 0 Å². The molecule has 0 saturated carbocycles. The van der Waals surface area contributed by atoms with Crippen molar-refractivity contribution in [1.82, 2.24) is 14.5 Å². The van der Waals surface area contributed by atoms with Gasteiger partial charge in [0.05, 0.1) is 25.5 Å². The van der Waals surface area contributed by atoms with E-state index in [9.17, 15) is 8.42 Å². The maximum Gasteiger partial charge on any atom is 0.256 e. The molecule has 1 aliphatic rings. The molecule has 2 aromatic rings. The quantitative estimate of drug-likeness (QED) is 0.919. The lowest BCUT2D eigenvalue weighted by molar-refractivity contribution is 0.396. The van der Waals surface area contributed by atoms with Gasteiger partial charge in [-0.2, -0.15) is 9.40 Å². The van der Waals surface area contributed by atoms with Crippen molar-refractivity contribution in [3.8, 4) is 5.75 Å². The summed E-state index contributed by atoms with van der Waals surface area (Å²) in [6, 6.07) is 1.66. The summed E-state index contributed by atoms with van der Waals surface area (Å²) in [5.41, 5.74) is 1.78. The van der Waals surface area contributed by atoms with E-state index in [1.807, 2.05) is 0 Å². The number of sulfonamides is 1. The molecule has 6 nitrogen and oxygen atoms in total. The number of thiophene rings is 1. The van der Waals surface area contributed by atoms with Crippen molar-refractivity contribution < 1.29 is 13.2 Å². The lowest BCUT2D eigenvalue weighted by atomic mass is 10.3. The van der Waals surface area contributed by atoms with Crippen LogP contribution in [0.25, 0.3) is 0 Å². The molecule has 0 saturated heterocycles. The van der Waals surface area contributed by atoms with Crippen molar-refractivity contribution in [2.75, 3.05) is 7.11 Å². The molecule has 0 spiro atoms. The molecule has 0 atom stereocenters. The standard InChI is InChI=1S/C10H11N3O3S2/c1-16-9-2-3-17-10(9)18(14,15)13-5-7-4-11-12-8(7)6-13/h2-4H,5-6H2,1H3,(H,11,12). The molecule has 0 bridgehead atoms. The summed E-state index contributed by atoms with van der Waals surface area (Å²) in [7, 11) is -2.03. The number of ether oxygens (including phenoxy) is 1. The highest BCUT2D eigenvalue weighted by molar-refractivity contribution is 7.91. The van der Waals surface area contributed by atoms with Gasteiger partial charge < -0.3 is 4.74 Å². The molecule has 0 radical (unpaired) electrons. The number of fused-ring (bicyclic) bond motifs is 1. The van der Waals surface area contributed by atoms with E-state index in [-0.39, 0.29) is 4.21 Å². The average Bonchev–Trinajstić information content (AvgIpc) is 3.03. The smallest absolute Gasteiger partial charge is 0.256 e. The SMILES string of the molecule is COc1ccsc1S(=O)(=O)N1Cc2cn[nH]c2C1. The van der Waals surface area contributed by atoms with Crippen LogP contribution in [0.3, 0.4) is 0 Å². The zero-order valence-electron chi connectivity index (χ0n) is 9.58. The van der Waals surface area contributed by atoms with Gasteiger partial charge in [-0.25, -0.2) is 8.42 Å². The molecule has 1 N–H and O–H groups in total. The Bertz CT molecular complexity index is 654. The van der Waals surface area contributed by atoms with Gasteiger partial charge in [0.25, 0.3) is 10.0 Å². The van der Waals surface area contributed by atoms with Crippen molar-refractivity contribution in [3.05, 3.63) is 28.9 Å². The Morgan fingerprint density at radius 3 is 3.06 bits per heavy atom. The van der Waals surface area contributed by atoms with Gasteiger partial charge in [-0.3, -0.25) is 5.10 Å². The van der Waals surface area contributed by atoms with Gasteiger partial charge in [0.15, 0.2) is 4.21 Å². The molecule has 0 amide bonds. The van der Waals surface area contributed by atoms with Crippen LogP contribution in [0.5, 0.6) is 5.75 Å². The Labute approximate surface area is 108 Å². The molecule has 3 rings (SSSR count). The third-order valence-electron chi connectivity index (χ3n) is 2.88. The van der Waals surface area contributed by atoms with Crippen LogP contribution in [0.15, 0.2) is 21.9 Å². The van der Waals surface area contributed by atoms with Crippen molar-refractivity contribution in [1.29, 1.82) is 0 Å². The van der Waals surface area contributed by atoms with Crippen molar-refractivity contribution >= 4 is 21.4 Å². The number of aromatic nitrogens is 2. The number of hydrogen-bond acceptors (Lipinski definition) is 5. The first-order chi connectivity index (χ1) is 8.63. The second-order valence-electron chi connectivity index (χ2n) is 3.92. The van der Waals surface area contributed by atoms with E-state index in [2.05, 4.69) is 10.2 Å². The number of aromatic amines is 1. The highest BCUT2D eigenvalue weighted by Crippen LogP contribution is 2.35. The summed E-state index contributed by atoms with van der Waals surface area (Å²) in [5.74, 6) is 0.397. The third kappa shape index (κ3) is 1.64. The second kappa shape index (κ2) is 4.08. The van der Waals surface area contributed by atoms with Crippen molar-refractivity contribution in [3.63, 3.8) is 0 Å². The number of nitrogens with one attached hydrogen (secondary N) is 1. The molecule has 18 heavy (non-hydrogen) atoms. The zero-order valence-corrected chi connectivity index (χ0v) is 11.2. The minimum atomic E-state index is -3.50. The van der Waals surface area contributed by atoms with E-state index in [1.54, 1.807) is 17.6 Å². The van der Waals surface area contributed by atoms with Gasteiger partial charge in [-0.15, -0.1) is 11.3 Å². The number of H-pyrrole nitrogens is 1. The molecular weight excluding hydrogens is 274 g/mol. The molecule has 8 heteroatoms. The van der Waals surface area contributed by atoms with Gasteiger partial charge in [0.1, 0.15) is 5.75 Å². The summed E-state index contributed by atoms with van der Waals surface area (Å²) in [6.07, 6.45) is 1.66. The summed E-state index contributed by atoms with van der Waals surface area (Å²) >= 11 is 1.17. The van der Waals surface area contributed by atoms with E-state index in [4.69, 9.17) is 4.74 Å². The van der Waals surface area contributed by atoms with Crippen LogP contribution in [0.2, 0.25) is 0 Å². The molecule has 0 aromatic carbocycles. The van der Waals surface area contributed by atoms with Crippen LogP contribution >= 0.6 is 11.3 Å². The lowest BCUT2D eigenvalue weighted by Crippen LogP contribution is -2.25. The molecule has 2 aromatic heterocycles. The van der Waals surface area contributed by atoms with Crippen LogP contribution in [0, 0.1) is 0 Å². The van der Waals surface area contributed by atoms with Crippen LogP contribution in [0.1, 0.15) is 11.3 Å². The maximum absolute atomic E-state index is 12.5. The van der Waals surface area contributed by atoms with Gasteiger partial charge in [-0.1, -0.05) is 0 Å². The van der Waals surface area contributed by atoms with Crippen LogP contribution in [0.4, 0.5) is 0 Å². The molecule has 0 fully saturated rings. The molecular formula is C10H11N3O3S2. The highest BCUT2D eigenvalue weighted by Gasteiger charge is 2.34. The summed E-state index contributed by atoms with van der Waals surface area (Å²) in [6.45, 7) is 0.688. The monoisotopic (exact) mass is 285 g/mol. The minimum Gasteiger partial charge on any atom is -0.494 e. The van der Waals surface area contributed by atoms with Crippen molar-refractivity contribution in [2.45, 2.75) is 17.3 Å².